The van der Waals surface area contributed by atoms with Crippen LogP contribution in [0.1, 0.15) is 20.3 Å². The quantitative estimate of drug-likeness (QED) is 0.803. The van der Waals surface area contributed by atoms with Crippen LogP contribution in [-0.2, 0) is 6.54 Å². The highest BCUT2D eigenvalue weighted by Crippen LogP contribution is 2.35. The second-order valence-corrected chi connectivity index (χ2v) is 5.63. The molecule has 0 aliphatic rings. The topological polar surface area (TPSA) is 70.0 Å². The Balaban J connectivity index is 2.63. The van der Waals surface area contributed by atoms with E-state index in [9.17, 15) is 9.59 Å². The SMILES string of the molecule is CCCN(C)C(=O)Oc1cn(CC)c(=O)c2cc(OC)c(OC)cc12. The van der Waals surface area contributed by atoms with Crippen molar-refractivity contribution in [2.75, 3.05) is 27.8 Å². The van der Waals surface area contributed by atoms with Gasteiger partial charge < -0.3 is 23.7 Å². The maximum atomic E-state index is 12.6. The van der Waals surface area contributed by atoms with Crippen molar-refractivity contribution < 1.29 is 19.0 Å². The van der Waals surface area contributed by atoms with Gasteiger partial charge in [-0.2, -0.15) is 0 Å². The Kier molecular flexibility index (Phi) is 5.90. The molecule has 0 aliphatic carbocycles. The monoisotopic (exact) mass is 348 g/mol. The maximum Gasteiger partial charge on any atom is 0.415 e. The van der Waals surface area contributed by atoms with E-state index in [1.54, 1.807) is 25.4 Å². The Labute approximate surface area is 146 Å². The molecule has 136 valence electrons. The number of amides is 1. The molecule has 2 rings (SSSR count). The van der Waals surface area contributed by atoms with Crippen LogP contribution in [0, 0.1) is 0 Å². The lowest BCUT2D eigenvalue weighted by atomic mass is 10.1. The van der Waals surface area contributed by atoms with E-state index in [4.69, 9.17) is 14.2 Å². The Morgan fingerprint density at radius 3 is 2.20 bits per heavy atom. The van der Waals surface area contributed by atoms with Crippen molar-refractivity contribution >= 4 is 16.9 Å². The first-order valence-corrected chi connectivity index (χ1v) is 8.18. The number of nitrogens with zero attached hydrogens (tertiary/aromatic N) is 2. The molecule has 0 unspecified atom stereocenters. The lowest BCUT2D eigenvalue weighted by molar-refractivity contribution is 0.163. The molecule has 1 amide bonds. The molecular weight excluding hydrogens is 324 g/mol. The molecule has 0 bridgehead atoms. The van der Waals surface area contributed by atoms with Crippen molar-refractivity contribution in [3.8, 4) is 17.2 Å². The van der Waals surface area contributed by atoms with Crippen molar-refractivity contribution in [1.82, 2.24) is 9.47 Å². The zero-order valence-corrected chi connectivity index (χ0v) is 15.3. The smallest absolute Gasteiger partial charge is 0.415 e. The molecule has 7 nitrogen and oxygen atoms in total. The fourth-order valence-corrected chi connectivity index (χ4v) is 2.60. The summed E-state index contributed by atoms with van der Waals surface area (Å²) in [6.07, 6.45) is 1.90. The van der Waals surface area contributed by atoms with Crippen LogP contribution in [0.3, 0.4) is 0 Å². The first-order valence-electron chi connectivity index (χ1n) is 8.18. The van der Waals surface area contributed by atoms with Crippen molar-refractivity contribution in [1.29, 1.82) is 0 Å². The molecule has 7 heteroatoms. The van der Waals surface area contributed by atoms with Crippen LogP contribution in [0.25, 0.3) is 10.8 Å². The van der Waals surface area contributed by atoms with Crippen molar-refractivity contribution in [2.45, 2.75) is 26.8 Å². The van der Waals surface area contributed by atoms with Gasteiger partial charge in [0.15, 0.2) is 17.2 Å². The van der Waals surface area contributed by atoms with E-state index in [2.05, 4.69) is 0 Å². The van der Waals surface area contributed by atoms with Crippen LogP contribution in [0.5, 0.6) is 17.2 Å². The van der Waals surface area contributed by atoms with Gasteiger partial charge in [-0.05, 0) is 25.5 Å². The minimum absolute atomic E-state index is 0.180. The van der Waals surface area contributed by atoms with Gasteiger partial charge in [-0.3, -0.25) is 4.79 Å². The molecule has 0 spiro atoms. The summed E-state index contributed by atoms with van der Waals surface area (Å²) < 4.78 is 17.6. The van der Waals surface area contributed by atoms with Gasteiger partial charge in [0.25, 0.3) is 5.56 Å². The molecule has 0 N–H and O–H groups in total. The van der Waals surface area contributed by atoms with E-state index in [1.807, 2.05) is 13.8 Å². The molecule has 0 fully saturated rings. The van der Waals surface area contributed by atoms with Crippen LogP contribution in [-0.4, -0.2) is 43.4 Å². The number of carbonyl (C=O) groups excluding carboxylic acids is 1. The largest absolute Gasteiger partial charge is 0.493 e. The van der Waals surface area contributed by atoms with Crippen molar-refractivity contribution in [3.63, 3.8) is 0 Å². The number of rotatable bonds is 6. The zero-order valence-electron chi connectivity index (χ0n) is 15.3. The summed E-state index contributed by atoms with van der Waals surface area (Å²) >= 11 is 0. The molecule has 0 saturated carbocycles. The van der Waals surface area contributed by atoms with Gasteiger partial charge in [-0.25, -0.2) is 4.79 Å². The maximum absolute atomic E-state index is 12.6. The predicted octanol–water partition coefficient (Wildman–Crippen LogP) is 2.88. The minimum atomic E-state index is -0.473. The number of aryl methyl sites for hydroxylation is 1. The molecule has 0 saturated heterocycles. The fraction of sp³-hybridized carbons (Fsp3) is 0.444. The van der Waals surface area contributed by atoms with Crippen molar-refractivity contribution in [3.05, 3.63) is 28.7 Å². The summed E-state index contributed by atoms with van der Waals surface area (Å²) in [6, 6.07) is 3.26. The van der Waals surface area contributed by atoms with Gasteiger partial charge in [-0.1, -0.05) is 6.92 Å². The summed E-state index contributed by atoms with van der Waals surface area (Å²) in [7, 11) is 4.69. The molecule has 0 radical (unpaired) electrons. The van der Waals surface area contributed by atoms with Gasteiger partial charge >= 0.3 is 6.09 Å². The second kappa shape index (κ2) is 7.92. The van der Waals surface area contributed by atoms with Gasteiger partial charge in [0.1, 0.15) is 0 Å². The van der Waals surface area contributed by atoms with Crippen LogP contribution in [0.4, 0.5) is 4.79 Å². The average molecular weight is 348 g/mol. The molecule has 0 atom stereocenters. The molecular formula is C18H24N2O5. The van der Waals surface area contributed by atoms with Crippen LogP contribution in [0.2, 0.25) is 0 Å². The Morgan fingerprint density at radius 2 is 1.68 bits per heavy atom. The van der Waals surface area contributed by atoms with E-state index in [0.29, 0.717) is 41.1 Å². The van der Waals surface area contributed by atoms with Gasteiger partial charge in [0.05, 0.1) is 25.8 Å². The third kappa shape index (κ3) is 3.70. The highest BCUT2D eigenvalue weighted by Gasteiger charge is 2.18. The van der Waals surface area contributed by atoms with Crippen LogP contribution in [0.15, 0.2) is 23.1 Å². The summed E-state index contributed by atoms with van der Waals surface area (Å²) in [5.74, 6) is 1.22. The third-order valence-corrected chi connectivity index (χ3v) is 3.96. The third-order valence-electron chi connectivity index (χ3n) is 3.96. The Bertz CT molecular complexity index is 828. The number of aromatic nitrogens is 1. The van der Waals surface area contributed by atoms with Gasteiger partial charge in [0.2, 0.25) is 0 Å². The summed E-state index contributed by atoms with van der Waals surface area (Å²) in [4.78, 5) is 26.4. The number of pyridine rings is 1. The van der Waals surface area contributed by atoms with E-state index in [-0.39, 0.29) is 5.56 Å². The summed E-state index contributed by atoms with van der Waals surface area (Å²) in [5.41, 5.74) is -0.180. The number of ether oxygens (including phenoxy) is 3. The molecule has 0 aliphatic heterocycles. The number of methoxy groups -OCH3 is 2. The Hall–Kier alpha value is -2.70. The fourth-order valence-electron chi connectivity index (χ4n) is 2.60. The predicted molar refractivity (Wildman–Crippen MR) is 95.9 cm³/mol. The first-order chi connectivity index (χ1) is 12.0. The number of hydrogen-bond donors (Lipinski definition) is 0. The van der Waals surface area contributed by atoms with E-state index < -0.39 is 6.09 Å². The second-order valence-electron chi connectivity index (χ2n) is 5.63. The Morgan fingerprint density at radius 1 is 1.08 bits per heavy atom. The number of benzene rings is 1. The summed E-state index contributed by atoms with van der Waals surface area (Å²) in [5, 5.41) is 0.911. The highest BCUT2D eigenvalue weighted by atomic mass is 16.6. The standard InChI is InChI=1S/C18H24N2O5/c1-6-8-19(3)18(22)25-16-11-20(7-2)17(21)13-10-15(24-5)14(23-4)9-12(13)16/h9-11H,6-8H2,1-5H3. The summed E-state index contributed by atoms with van der Waals surface area (Å²) in [6.45, 7) is 4.87. The van der Waals surface area contributed by atoms with E-state index in [1.165, 1.54) is 23.7 Å². The highest BCUT2D eigenvalue weighted by molar-refractivity contribution is 5.92. The molecule has 1 aromatic carbocycles. The zero-order chi connectivity index (χ0) is 18.6. The average Bonchev–Trinajstić information content (AvgIpc) is 2.62. The van der Waals surface area contributed by atoms with Crippen LogP contribution >= 0.6 is 0 Å². The van der Waals surface area contributed by atoms with E-state index in [0.717, 1.165) is 6.42 Å². The number of fused-ring (bicyclic) bond motifs is 1. The number of hydrogen-bond acceptors (Lipinski definition) is 5. The molecule has 1 aromatic heterocycles. The lowest BCUT2D eigenvalue weighted by Gasteiger charge is -2.18. The normalized spacial score (nSPS) is 10.6. The first kappa shape index (κ1) is 18.6. The van der Waals surface area contributed by atoms with Crippen LogP contribution < -0.4 is 19.8 Å². The number of carbonyl (C=O) groups is 1. The van der Waals surface area contributed by atoms with Gasteiger partial charge in [0, 0.05) is 25.5 Å². The van der Waals surface area contributed by atoms with Gasteiger partial charge in [-0.15, -0.1) is 0 Å². The minimum Gasteiger partial charge on any atom is -0.493 e. The molecule has 2 aromatic rings. The van der Waals surface area contributed by atoms with E-state index >= 15 is 0 Å². The lowest BCUT2D eigenvalue weighted by Crippen LogP contribution is -2.31. The molecule has 25 heavy (non-hydrogen) atoms. The molecule has 1 heterocycles. The van der Waals surface area contributed by atoms with Crippen molar-refractivity contribution in [2.24, 2.45) is 0 Å².